The fraction of sp³-hybridized carbons (Fsp3) is 0.211. The Hall–Kier alpha value is -3.35. The molecule has 4 rings (SSSR count). The molecule has 26 heavy (non-hydrogen) atoms. The van der Waals surface area contributed by atoms with E-state index in [1.807, 2.05) is 0 Å². The van der Waals surface area contributed by atoms with Gasteiger partial charge >= 0.3 is 5.63 Å². The summed E-state index contributed by atoms with van der Waals surface area (Å²) in [6, 6.07) is 8.83. The van der Waals surface area contributed by atoms with Gasteiger partial charge in [0.05, 0.1) is 32.3 Å². The third-order valence-electron chi connectivity index (χ3n) is 4.23. The number of ether oxygens (including phenoxy) is 5. The molecule has 0 N–H and O–H groups in total. The Morgan fingerprint density at radius 2 is 1.58 bits per heavy atom. The van der Waals surface area contributed by atoms with Crippen molar-refractivity contribution in [3.05, 3.63) is 40.8 Å². The van der Waals surface area contributed by atoms with E-state index in [2.05, 4.69) is 0 Å². The molecule has 0 bridgehead atoms. The summed E-state index contributed by atoms with van der Waals surface area (Å²) in [5, 5.41) is 0.570. The molecule has 0 aliphatic carbocycles. The van der Waals surface area contributed by atoms with E-state index in [1.165, 1.54) is 14.2 Å². The quantitative estimate of drug-likeness (QED) is 0.664. The maximum atomic E-state index is 12.6. The van der Waals surface area contributed by atoms with E-state index in [9.17, 15) is 4.79 Å². The minimum atomic E-state index is -0.498. The molecular formula is C19H16O7. The van der Waals surface area contributed by atoms with Crippen molar-refractivity contribution < 1.29 is 28.1 Å². The molecule has 1 aromatic heterocycles. The second kappa shape index (κ2) is 6.18. The Labute approximate surface area is 148 Å². The van der Waals surface area contributed by atoms with E-state index in [-0.39, 0.29) is 18.1 Å². The molecule has 0 unspecified atom stereocenters. The summed E-state index contributed by atoms with van der Waals surface area (Å²) in [5.74, 6) is 2.18. The van der Waals surface area contributed by atoms with Crippen molar-refractivity contribution in [1.29, 1.82) is 0 Å². The molecule has 0 spiro atoms. The van der Waals surface area contributed by atoms with Crippen LogP contribution in [-0.4, -0.2) is 28.1 Å². The molecule has 0 atom stereocenters. The van der Waals surface area contributed by atoms with Crippen molar-refractivity contribution in [3.63, 3.8) is 0 Å². The smallest absolute Gasteiger partial charge is 0.344 e. The van der Waals surface area contributed by atoms with Gasteiger partial charge in [0, 0.05) is 0 Å². The van der Waals surface area contributed by atoms with Gasteiger partial charge in [-0.25, -0.2) is 4.79 Å². The van der Waals surface area contributed by atoms with Gasteiger partial charge in [-0.3, -0.25) is 0 Å². The molecule has 7 heteroatoms. The van der Waals surface area contributed by atoms with Gasteiger partial charge in [-0.1, -0.05) is 12.1 Å². The monoisotopic (exact) mass is 356 g/mol. The van der Waals surface area contributed by atoms with Crippen LogP contribution in [0, 0.1) is 0 Å². The first-order chi connectivity index (χ1) is 12.7. The summed E-state index contributed by atoms with van der Waals surface area (Å²) in [6.45, 7) is 0.0466. The molecule has 0 radical (unpaired) electrons. The zero-order valence-corrected chi connectivity index (χ0v) is 14.5. The van der Waals surface area contributed by atoms with Gasteiger partial charge in [-0.05, 0) is 23.8 Å². The lowest BCUT2D eigenvalue weighted by molar-refractivity contribution is 0.171. The minimum absolute atomic E-state index is 0.0466. The zero-order valence-electron chi connectivity index (χ0n) is 14.5. The highest BCUT2D eigenvalue weighted by molar-refractivity contribution is 5.97. The van der Waals surface area contributed by atoms with Crippen LogP contribution in [0.1, 0.15) is 0 Å². The lowest BCUT2D eigenvalue weighted by Crippen LogP contribution is -2.04. The number of hydrogen-bond donors (Lipinski definition) is 0. The predicted molar refractivity (Wildman–Crippen MR) is 93.7 cm³/mol. The Morgan fingerprint density at radius 3 is 2.23 bits per heavy atom. The van der Waals surface area contributed by atoms with Crippen molar-refractivity contribution in [3.8, 4) is 39.9 Å². The summed E-state index contributed by atoms with van der Waals surface area (Å²) in [5.41, 5.74) is 0.840. The van der Waals surface area contributed by atoms with Gasteiger partial charge in [-0.15, -0.1) is 0 Å². The summed E-state index contributed by atoms with van der Waals surface area (Å²) in [4.78, 5) is 12.6. The van der Waals surface area contributed by atoms with Gasteiger partial charge < -0.3 is 28.1 Å². The van der Waals surface area contributed by atoms with E-state index in [4.69, 9.17) is 28.1 Å². The first-order valence-corrected chi connectivity index (χ1v) is 7.83. The van der Waals surface area contributed by atoms with Gasteiger partial charge in [0.15, 0.2) is 11.3 Å². The molecule has 0 amide bonds. The fourth-order valence-corrected chi connectivity index (χ4v) is 3.00. The number of hydrogen-bond acceptors (Lipinski definition) is 7. The van der Waals surface area contributed by atoms with Crippen LogP contribution >= 0.6 is 0 Å². The van der Waals surface area contributed by atoms with Crippen LogP contribution in [0.25, 0.3) is 22.1 Å². The second-order valence-electron chi connectivity index (χ2n) is 5.55. The van der Waals surface area contributed by atoms with Crippen molar-refractivity contribution >= 4 is 11.0 Å². The Kier molecular flexibility index (Phi) is 3.84. The number of methoxy groups -OCH3 is 3. The van der Waals surface area contributed by atoms with Crippen LogP contribution in [0.5, 0.6) is 28.7 Å². The molecule has 0 saturated heterocycles. The number of fused-ring (bicyclic) bond motifs is 3. The van der Waals surface area contributed by atoms with E-state index in [1.54, 1.807) is 37.4 Å². The standard InChI is InChI=1S/C19H16O7/c1-21-11-6-4-10(5-7-11)12-8-13-14-18(25-9-24-14)17(23-3)16(22-2)15(13)26-19(12)20/h4-8H,9H2,1-3H3. The Balaban J connectivity index is 2.01. The summed E-state index contributed by atoms with van der Waals surface area (Å²) >= 11 is 0. The average molecular weight is 356 g/mol. The van der Waals surface area contributed by atoms with Crippen LogP contribution < -0.4 is 29.3 Å². The van der Waals surface area contributed by atoms with Gasteiger partial charge in [0.1, 0.15) is 5.75 Å². The topological polar surface area (TPSA) is 76.4 Å². The van der Waals surface area contributed by atoms with Crippen LogP contribution in [0.15, 0.2) is 39.5 Å². The Bertz CT molecular complexity index is 1030. The largest absolute Gasteiger partial charge is 0.497 e. The highest BCUT2D eigenvalue weighted by Crippen LogP contribution is 2.53. The lowest BCUT2D eigenvalue weighted by atomic mass is 10.0. The molecule has 1 aliphatic rings. The predicted octanol–water partition coefficient (Wildman–Crippen LogP) is 3.21. The first kappa shape index (κ1) is 16.1. The first-order valence-electron chi connectivity index (χ1n) is 7.83. The highest BCUT2D eigenvalue weighted by Gasteiger charge is 2.30. The van der Waals surface area contributed by atoms with Crippen LogP contribution in [0.4, 0.5) is 0 Å². The maximum absolute atomic E-state index is 12.6. The van der Waals surface area contributed by atoms with Crippen molar-refractivity contribution in [2.24, 2.45) is 0 Å². The van der Waals surface area contributed by atoms with Crippen LogP contribution in [-0.2, 0) is 0 Å². The molecule has 0 fully saturated rings. The van der Waals surface area contributed by atoms with Gasteiger partial charge in [-0.2, -0.15) is 0 Å². The van der Waals surface area contributed by atoms with Gasteiger partial charge in [0.2, 0.25) is 24.0 Å². The van der Waals surface area contributed by atoms with E-state index >= 15 is 0 Å². The number of rotatable bonds is 4. The fourth-order valence-electron chi connectivity index (χ4n) is 3.00. The maximum Gasteiger partial charge on any atom is 0.344 e. The molecule has 0 saturated carbocycles. The van der Waals surface area contributed by atoms with Crippen LogP contribution in [0.2, 0.25) is 0 Å². The molecule has 134 valence electrons. The average Bonchev–Trinajstić information content (AvgIpc) is 3.16. The molecule has 2 aromatic carbocycles. The molecular weight excluding hydrogens is 340 g/mol. The lowest BCUT2D eigenvalue weighted by Gasteiger charge is -2.13. The summed E-state index contributed by atoms with van der Waals surface area (Å²) in [6.07, 6.45) is 0. The molecule has 1 aliphatic heterocycles. The summed E-state index contributed by atoms with van der Waals surface area (Å²) in [7, 11) is 4.53. The Morgan fingerprint density at radius 1 is 0.885 bits per heavy atom. The third kappa shape index (κ3) is 2.32. The van der Waals surface area contributed by atoms with Crippen molar-refractivity contribution in [2.75, 3.05) is 28.1 Å². The van der Waals surface area contributed by atoms with E-state index in [0.29, 0.717) is 39.5 Å². The molecule has 7 nitrogen and oxygen atoms in total. The second-order valence-corrected chi connectivity index (χ2v) is 5.55. The van der Waals surface area contributed by atoms with Gasteiger partial charge in [0.25, 0.3) is 0 Å². The molecule has 3 aromatic rings. The number of benzene rings is 2. The van der Waals surface area contributed by atoms with Crippen LogP contribution in [0.3, 0.4) is 0 Å². The van der Waals surface area contributed by atoms with E-state index < -0.39 is 5.63 Å². The SMILES string of the molecule is COc1ccc(-c2cc3c4c(c(OC)c(OC)c3oc2=O)OCO4)cc1. The summed E-state index contributed by atoms with van der Waals surface area (Å²) < 4.78 is 32.6. The molecule has 2 heterocycles. The van der Waals surface area contributed by atoms with Crippen molar-refractivity contribution in [2.45, 2.75) is 0 Å². The third-order valence-corrected chi connectivity index (χ3v) is 4.23. The van der Waals surface area contributed by atoms with E-state index in [0.717, 1.165) is 0 Å². The minimum Gasteiger partial charge on any atom is -0.497 e. The highest BCUT2D eigenvalue weighted by atomic mass is 16.7. The normalized spacial score (nSPS) is 12.3. The van der Waals surface area contributed by atoms with Crippen molar-refractivity contribution in [1.82, 2.24) is 0 Å². The zero-order chi connectivity index (χ0) is 18.3.